The van der Waals surface area contributed by atoms with Gasteiger partial charge in [-0.2, -0.15) is 0 Å². The summed E-state index contributed by atoms with van der Waals surface area (Å²) in [6.45, 7) is 5.65. The van der Waals surface area contributed by atoms with Crippen LogP contribution in [0.25, 0.3) is 0 Å². The summed E-state index contributed by atoms with van der Waals surface area (Å²) in [5, 5.41) is 8.70. The number of amides is 1. The van der Waals surface area contributed by atoms with Crippen molar-refractivity contribution in [1.82, 2.24) is 10.1 Å². The molecule has 22 heavy (non-hydrogen) atoms. The van der Waals surface area contributed by atoms with Crippen molar-refractivity contribution in [2.75, 3.05) is 11.9 Å². The second-order valence-electron chi connectivity index (χ2n) is 4.65. The first-order chi connectivity index (χ1) is 10.5. The van der Waals surface area contributed by atoms with Crippen LogP contribution in [0.15, 0.2) is 9.90 Å². The Morgan fingerprint density at radius 2 is 2.14 bits per heavy atom. The summed E-state index contributed by atoms with van der Waals surface area (Å²) >= 11 is 1.27. The monoisotopic (exact) mass is 323 g/mol. The number of hydrogen-bond donors (Lipinski definition) is 1. The van der Waals surface area contributed by atoms with Crippen LogP contribution in [0.4, 0.5) is 5.13 Å². The van der Waals surface area contributed by atoms with Gasteiger partial charge >= 0.3 is 5.97 Å². The molecule has 118 valence electrons. The topological polar surface area (TPSA) is 94.3 Å². The van der Waals surface area contributed by atoms with Crippen molar-refractivity contribution in [3.8, 4) is 0 Å². The molecule has 0 saturated carbocycles. The Morgan fingerprint density at radius 3 is 2.77 bits per heavy atom. The minimum absolute atomic E-state index is 0.101. The Kier molecular flexibility index (Phi) is 5.26. The molecule has 2 heterocycles. The highest BCUT2D eigenvalue weighted by Crippen LogP contribution is 2.18. The Hall–Kier alpha value is -2.22. The van der Waals surface area contributed by atoms with Gasteiger partial charge in [0.2, 0.25) is 5.91 Å². The zero-order valence-electron chi connectivity index (χ0n) is 12.6. The maximum Gasteiger partial charge on any atom is 0.311 e. The molecule has 8 heteroatoms. The summed E-state index contributed by atoms with van der Waals surface area (Å²) < 4.78 is 9.88. The van der Waals surface area contributed by atoms with E-state index in [4.69, 9.17) is 9.26 Å². The van der Waals surface area contributed by atoms with Crippen LogP contribution >= 0.6 is 11.3 Å². The number of esters is 1. The number of nitrogens with zero attached hydrogens (tertiary/aromatic N) is 2. The third-order valence-electron chi connectivity index (χ3n) is 2.95. The molecule has 0 radical (unpaired) electrons. The standard InChI is InChI=1S/C14H17N3O4S/c1-4-20-13(19)5-10-7-22-14(15-10)16-12(18)6-11-8(2)17-21-9(11)3/h7H,4-6H2,1-3H3,(H,15,16,18). The number of aromatic nitrogens is 2. The predicted molar refractivity (Wildman–Crippen MR) is 80.8 cm³/mol. The lowest BCUT2D eigenvalue weighted by Crippen LogP contribution is -2.15. The molecule has 0 aliphatic heterocycles. The van der Waals surface area contributed by atoms with Crippen molar-refractivity contribution in [3.05, 3.63) is 28.1 Å². The second kappa shape index (κ2) is 7.17. The summed E-state index contributed by atoms with van der Waals surface area (Å²) in [7, 11) is 0. The van der Waals surface area contributed by atoms with Gasteiger partial charge in [-0.25, -0.2) is 4.98 Å². The van der Waals surface area contributed by atoms with E-state index < -0.39 is 0 Å². The minimum atomic E-state index is -0.332. The van der Waals surface area contributed by atoms with Crippen molar-refractivity contribution in [2.24, 2.45) is 0 Å². The fourth-order valence-corrected chi connectivity index (χ4v) is 2.61. The van der Waals surface area contributed by atoms with E-state index in [2.05, 4.69) is 15.5 Å². The molecule has 0 unspecified atom stereocenters. The van der Waals surface area contributed by atoms with E-state index >= 15 is 0 Å². The number of thiazole rings is 1. The molecular weight excluding hydrogens is 306 g/mol. The van der Waals surface area contributed by atoms with Crippen molar-refractivity contribution < 1.29 is 18.8 Å². The number of hydrogen-bond acceptors (Lipinski definition) is 7. The molecule has 0 saturated heterocycles. The van der Waals surface area contributed by atoms with Crippen molar-refractivity contribution in [1.29, 1.82) is 0 Å². The number of ether oxygens (including phenoxy) is 1. The SMILES string of the molecule is CCOC(=O)Cc1csc(NC(=O)Cc2c(C)noc2C)n1. The highest BCUT2D eigenvalue weighted by atomic mass is 32.1. The first kappa shape index (κ1) is 16.2. The molecule has 7 nitrogen and oxygen atoms in total. The third kappa shape index (κ3) is 4.14. The van der Waals surface area contributed by atoms with E-state index in [1.165, 1.54) is 11.3 Å². The molecule has 0 bridgehead atoms. The third-order valence-corrected chi connectivity index (χ3v) is 3.75. The van der Waals surface area contributed by atoms with Gasteiger partial charge in [-0.05, 0) is 20.8 Å². The van der Waals surface area contributed by atoms with E-state index in [1.807, 2.05) is 0 Å². The van der Waals surface area contributed by atoms with Gasteiger partial charge in [-0.3, -0.25) is 9.59 Å². The summed E-state index contributed by atoms with van der Waals surface area (Å²) in [4.78, 5) is 27.6. The smallest absolute Gasteiger partial charge is 0.311 e. The lowest BCUT2D eigenvalue weighted by Gasteiger charge is -2.01. The van der Waals surface area contributed by atoms with E-state index in [-0.39, 0.29) is 24.7 Å². The van der Waals surface area contributed by atoms with E-state index in [1.54, 1.807) is 26.2 Å². The molecule has 1 amide bonds. The van der Waals surface area contributed by atoms with Crippen LogP contribution in [0.5, 0.6) is 0 Å². The molecule has 0 atom stereocenters. The first-order valence-electron chi connectivity index (χ1n) is 6.81. The van der Waals surface area contributed by atoms with Gasteiger partial charge < -0.3 is 14.6 Å². The van der Waals surface area contributed by atoms with Crippen LogP contribution in [-0.4, -0.2) is 28.6 Å². The van der Waals surface area contributed by atoms with Gasteiger partial charge in [0.25, 0.3) is 0 Å². The van der Waals surface area contributed by atoms with Gasteiger partial charge in [0, 0.05) is 10.9 Å². The number of carbonyl (C=O) groups excluding carboxylic acids is 2. The molecule has 0 aromatic carbocycles. The lowest BCUT2D eigenvalue weighted by atomic mass is 10.1. The van der Waals surface area contributed by atoms with Gasteiger partial charge in [0.05, 0.1) is 30.8 Å². The Balaban J connectivity index is 1.92. The van der Waals surface area contributed by atoms with Crippen molar-refractivity contribution in [2.45, 2.75) is 33.6 Å². The molecule has 2 aromatic heterocycles. The normalized spacial score (nSPS) is 10.5. The van der Waals surface area contributed by atoms with Crippen LogP contribution in [0, 0.1) is 13.8 Å². The fraction of sp³-hybridized carbons (Fsp3) is 0.429. The largest absolute Gasteiger partial charge is 0.466 e. The quantitative estimate of drug-likeness (QED) is 0.817. The molecule has 1 N–H and O–H groups in total. The van der Waals surface area contributed by atoms with Gasteiger partial charge in [-0.15, -0.1) is 11.3 Å². The van der Waals surface area contributed by atoms with Crippen molar-refractivity contribution >= 4 is 28.3 Å². The summed E-state index contributed by atoms with van der Waals surface area (Å²) in [6, 6.07) is 0. The van der Waals surface area contributed by atoms with Crippen LogP contribution in [-0.2, 0) is 27.2 Å². The van der Waals surface area contributed by atoms with Crippen LogP contribution in [0.2, 0.25) is 0 Å². The van der Waals surface area contributed by atoms with Gasteiger partial charge in [0.15, 0.2) is 5.13 Å². The molecule has 0 fully saturated rings. The second-order valence-corrected chi connectivity index (χ2v) is 5.51. The van der Waals surface area contributed by atoms with Crippen molar-refractivity contribution in [3.63, 3.8) is 0 Å². The summed E-state index contributed by atoms with van der Waals surface area (Å²) in [5.41, 5.74) is 2.06. The van der Waals surface area contributed by atoms with Crippen LogP contribution < -0.4 is 5.32 Å². The molecule has 2 aromatic rings. The average molecular weight is 323 g/mol. The molecule has 2 rings (SSSR count). The van der Waals surface area contributed by atoms with E-state index in [9.17, 15) is 9.59 Å². The molecule has 0 aliphatic carbocycles. The number of anilines is 1. The highest BCUT2D eigenvalue weighted by Gasteiger charge is 2.15. The maximum atomic E-state index is 12.0. The lowest BCUT2D eigenvalue weighted by molar-refractivity contribution is -0.142. The minimum Gasteiger partial charge on any atom is -0.466 e. The summed E-state index contributed by atoms with van der Waals surface area (Å²) in [5.74, 6) is 0.0996. The maximum absolute atomic E-state index is 12.0. The van der Waals surface area contributed by atoms with Crippen LogP contribution in [0.3, 0.4) is 0 Å². The Labute approximate surface area is 131 Å². The average Bonchev–Trinajstić information content (AvgIpc) is 3.00. The first-order valence-corrected chi connectivity index (χ1v) is 7.69. The van der Waals surface area contributed by atoms with Gasteiger partial charge in [-0.1, -0.05) is 5.16 Å². The number of rotatable bonds is 6. The zero-order valence-corrected chi connectivity index (χ0v) is 13.5. The predicted octanol–water partition coefficient (Wildman–Crippen LogP) is 2.03. The fourth-order valence-electron chi connectivity index (χ4n) is 1.88. The molecule has 0 spiro atoms. The number of aryl methyl sites for hydroxylation is 2. The zero-order chi connectivity index (χ0) is 16.1. The van der Waals surface area contributed by atoms with E-state index in [0.29, 0.717) is 28.9 Å². The molecular formula is C14H17N3O4S. The van der Waals surface area contributed by atoms with Gasteiger partial charge in [0.1, 0.15) is 5.76 Å². The highest BCUT2D eigenvalue weighted by molar-refractivity contribution is 7.13. The number of carbonyl (C=O) groups is 2. The number of nitrogens with one attached hydrogen (secondary N) is 1. The summed E-state index contributed by atoms with van der Waals surface area (Å²) in [6.07, 6.45) is 0.276. The Bertz CT molecular complexity index is 658. The van der Waals surface area contributed by atoms with E-state index in [0.717, 1.165) is 5.56 Å². The van der Waals surface area contributed by atoms with Crippen LogP contribution in [0.1, 0.15) is 29.6 Å². The molecule has 0 aliphatic rings. The Morgan fingerprint density at radius 1 is 1.36 bits per heavy atom.